The van der Waals surface area contributed by atoms with Crippen molar-refractivity contribution >= 4 is 17.2 Å². The Morgan fingerprint density at radius 2 is 2.36 bits per heavy atom. The number of nitrogens with zero attached hydrogens (tertiary/aromatic N) is 1. The second-order valence-corrected chi connectivity index (χ2v) is 3.77. The number of aliphatic hydroxyl groups is 1. The van der Waals surface area contributed by atoms with Crippen LogP contribution >= 0.6 is 11.3 Å². The number of aromatic nitrogens is 1. The molecule has 0 bridgehead atoms. The standard InChI is InChI=1S/C9H14N2O2S/c12-6-3-1-2-4-10-8(13)9-11-5-7-14-9/h5,7,12H,1-4,6H2,(H,10,13). The highest BCUT2D eigenvalue weighted by Gasteiger charge is 2.05. The molecule has 5 heteroatoms. The molecule has 1 heterocycles. The Morgan fingerprint density at radius 1 is 1.50 bits per heavy atom. The van der Waals surface area contributed by atoms with Crippen molar-refractivity contribution in [3.05, 3.63) is 16.6 Å². The summed E-state index contributed by atoms with van der Waals surface area (Å²) in [6.45, 7) is 0.874. The van der Waals surface area contributed by atoms with Crippen LogP contribution in [0.5, 0.6) is 0 Å². The molecule has 0 fully saturated rings. The van der Waals surface area contributed by atoms with Crippen LogP contribution in [-0.2, 0) is 0 Å². The Bertz CT molecular complexity index is 262. The zero-order chi connectivity index (χ0) is 10.2. The molecule has 1 rings (SSSR count). The van der Waals surface area contributed by atoms with Gasteiger partial charge < -0.3 is 10.4 Å². The lowest BCUT2D eigenvalue weighted by molar-refractivity contribution is 0.0952. The van der Waals surface area contributed by atoms with E-state index in [0.29, 0.717) is 11.6 Å². The molecule has 0 atom stereocenters. The normalized spacial score (nSPS) is 10.1. The van der Waals surface area contributed by atoms with Gasteiger partial charge >= 0.3 is 0 Å². The summed E-state index contributed by atoms with van der Waals surface area (Å²) in [5.41, 5.74) is 0. The van der Waals surface area contributed by atoms with E-state index in [1.165, 1.54) is 11.3 Å². The summed E-state index contributed by atoms with van der Waals surface area (Å²) in [5.74, 6) is -0.107. The second kappa shape index (κ2) is 6.50. The molecule has 1 aromatic rings. The van der Waals surface area contributed by atoms with Gasteiger partial charge in [0.1, 0.15) is 0 Å². The molecule has 0 saturated heterocycles. The minimum Gasteiger partial charge on any atom is -0.396 e. The zero-order valence-corrected chi connectivity index (χ0v) is 8.72. The molecular weight excluding hydrogens is 200 g/mol. The number of hydrogen-bond donors (Lipinski definition) is 2. The molecule has 0 spiro atoms. The summed E-state index contributed by atoms with van der Waals surface area (Å²) >= 11 is 1.34. The quantitative estimate of drug-likeness (QED) is 0.695. The summed E-state index contributed by atoms with van der Waals surface area (Å²) in [5, 5.41) is 13.6. The van der Waals surface area contributed by atoms with E-state index in [2.05, 4.69) is 10.3 Å². The predicted octanol–water partition coefficient (Wildman–Crippen LogP) is 1.04. The lowest BCUT2D eigenvalue weighted by atomic mass is 10.2. The predicted molar refractivity (Wildman–Crippen MR) is 55.4 cm³/mol. The van der Waals surface area contributed by atoms with Gasteiger partial charge in [0.2, 0.25) is 0 Å². The van der Waals surface area contributed by atoms with Crippen molar-refractivity contribution in [3.8, 4) is 0 Å². The fourth-order valence-electron chi connectivity index (χ4n) is 1.03. The van der Waals surface area contributed by atoms with Crippen LogP contribution in [0.25, 0.3) is 0 Å². The maximum absolute atomic E-state index is 11.3. The number of carbonyl (C=O) groups excluding carboxylic acids is 1. The van der Waals surface area contributed by atoms with Crippen molar-refractivity contribution in [1.82, 2.24) is 10.3 Å². The van der Waals surface area contributed by atoms with Gasteiger partial charge in [0, 0.05) is 24.7 Å². The Labute approximate surface area is 87.0 Å². The van der Waals surface area contributed by atoms with Crippen molar-refractivity contribution < 1.29 is 9.90 Å². The number of rotatable bonds is 6. The summed E-state index contributed by atoms with van der Waals surface area (Å²) < 4.78 is 0. The third-order valence-electron chi connectivity index (χ3n) is 1.75. The van der Waals surface area contributed by atoms with Crippen molar-refractivity contribution in [2.24, 2.45) is 0 Å². The first-order valence-corrected chi connectivity index (χ1v) is 5.51. The summed E-state index contributed by atoms with van der Waals surface area (Å²) in [6, 6.07) is 0. The molecule has 0 aliphatic rings. The SMILES string of the molecule is O=C(NCCCCCO)c1nccs1. The third kappa shape index (κ3) is 3.85. The maximum atomic E-state index is 11.3. The second-order valence-electron chi connectivity index (χ2n) is 2.88. The molecule has 78 valence electrons. The lowest BCUT2D eigenvalue weighted by Crippen LogP contribution is -2.24. The highest BCUT2D eigenvalue weighted by atomic mass is 32.1. The van der Waals surface area contributed by atoms with Crippen LogP contribution in [-0.4, -0.2) is 29.1 Å². The number of nitrogens with one attached hydrogen (secondary N) is 1. The zero-order valence-electron chi connectivity index (χ0n) is 7.90. The van der Waals surface area contributed by atoms with Crippen LogP contribution in [0.3, 0.4) is 0 Å². The molecule has 0 aromatic carbocycles. The first-order valence-electron chi connectivity index (χ1n) is 4.63. The van der Waals surface area contributed by atoms with Gasteiger partial charge in [-0.1, -0.05) is 0 Å². The van der Waals surface area contributed by atoms with Crippen molar-refractivity contribution in [1.29, 1.82) is 0 Å². The molecule has 0 saturated carbocycles. The number of aliphatic hydroxyl groups excluding tert-OH is 1. The highest BCUT2D eigenvalue weighted by Crippen LogP contribution is 2.03. The van der Waals surface area contributed by atoms with Gasteiger partial charge in [-0.15, -0.1) is 11.3 Å². The van der Waals surface area contributed by atoms with Crippen LogP contribution in [0.2, 0.25) is 0 Å². The van der Waals surface area contributed by atoms with Crippen molar-refractivity contribution in [2.45, 2.75) is 19.3 Å². The Hall–Kier alpha value is -0.940. The number of carbonyl (C=O) groups is 1. The van der Waals surface area contributed by atoms with E-state index >= 15 is 0 Å². The number of thiazole rings is 1. The van der Waals surface area contributed by atoms with E-state index < -0.39 is 0 Å². The lowest BCUT2D eigenvalue weighted by Gasteiger charge is -2.01. The minimum atomic E-state index is -0.107. The van der Waals surface area contributed by atoms with Crippen LogP contribution in [0.1, 0.15) is 29.1 Å². The van der Waals surface area contributed by atoms with Crippen LogP contribution in [0, 0.1) is 0 Å². The molecule has 14 heavy (non-hydrogen) atoms. The first kappa shape index (κ1) is 11.1. The monoisotopic (exact) mass is 214 g/mol. The Kier molecular flexibility index (Phi) is 5.17. The van der Waals surface area contributed by atoms with Gasteiger partial charge in [-0.3, -0.25) is 4.79 Å². The van der Waals surface area contributed by atoms with E-state index in [4.69, 9.17) is 5.11 Å². The van der Waals surface area contributed by atoms with Gasteiger partial charge in [-0.25, -0.2) is 4.98 Å². The van der Waals surface area contributed by atoms with E-state index in [1.807, 2.05) is 0 Å². The maximum Gasteiger partial charge on any atom is 0.280 e. The summed E-state index contributed by atoms with van der Waals surface area (Å²) in [6.07, 6.45) is 4.25. The van der Waals surface area contributed by atoms with Gasteiger partial charge in [-0.2, -0.15) is 0 Å². The van der Waals surface area contributed by atoms with Gasteiger partial charge in [0.05, 0.1) is 0 Å². The number of amides is 1. The fourth-order valence-corrected chi connectivity index (χ4v) is 1.58. The van der Waals surface area contributed by atoms with Gasteiger partial charge in [0.15, 0.2) is 5.01 Å². The minimum absolute atomic E-state index is 0.107. The van der Waals surface area contributed by atoms with Crippen LogP contribution in [0.15, 0.2) is 11.6 Å². The van der Waals surface area contributed by atoms with Gasteiger partial charge in [-0.05, 0) is 19.3 Å². The molecule has 1 aromatic heterocycles. The highest BCUT2D eigenvalue weighted by molar-refractivity contribution is 7.11. The first-order chi connectivity index (χ1) is 6.84. The molecule has 4 nitrogen and oxygen atoms in total. The number of hydrogen-bond acceptors (Lipinski definition) is 4. The largest absolute Gasteiger partial charge is 0.396 e. The molecule has 0 unspecified atom stereocenters. The molecule has 2 N–H and O–H groups in total. The molecular formula is C9H14N2O2S. The van der Waals surface area contributed by atoms with Crippen molar-refractivity contribution in [3.63, 3.8) is 0 Å². The topological polar surface area (TPSA) is 62.2 Å². The number of unbranched alkanes of at least 4 members (excludes halogenated alkanes) is 2. The van der Waals surface area contributed by atoms with E-state index in [0.717, 1.165) is 19.3 Å². The van der Waals surface area contributed by atoms with Crippen molar-refractivity contribution in [2.75, 3.05) is 13.2 Å². The van der Waals surface area contributed by atoms with Crippen LogP contribution < -0.4 is 5.32 Å². The van der Waals surface area contributed by atoms with E-state index in [-0.39, 0.29) is 12.5 Å². The van der Waals surface area contributed by atoms with E-state index in [9.17, 15) is 4.79 Å². The third-order valence-corrected chi connectivity index (χ3v) is 2.52. The fraction of sp³-hybridized carbons (Fsp3) is 0.556. The Balaban J connectivity index is 2.10. The molecule has 0 radical (unpaired) electrons. The van der Waals surface area contributed by atoms with E-state index in [1.54, 1.807) is 11.6 Å². The summed E-state index contributed by atoms with van der Waals surface area (Å²) in [4.78, 5) is 15.2. The molecule has 1 amide bonds. The molecule has 0 aliphatic carbocycles. The van der Waals surface area contributed by atoms with Crippen LogP contribution in [0.4, 0.5) is 0 Å². The smallest absolute Gasteiger partial charge is 0.280 e. The molecule has 0 aliphatic heterocycles. The Morgan fingerprint density at radius 3 is 3.00 bits per heavy atom. The average Bonchev–Trinajstić information content (AvgIpc) is 2.70. The average molecular weight is 214 g/mol. The van der Waals surface area contributed by atoms with Gasteiger partial charge in [0.25, 0.3) is 5.91 Å². The summed E-state index contributed by atoms with van der Waals surface area (Å²) in [7, 11) is 0.